The maximum Gasteiger partial charge on any atom is 0.312 e. The molecule has 1 N–H and O–H groups in total. The lowest BCUT2D eigenvalue weighted by Crippen LogP contribution is -2.24. The Morgan fingerprint density at radius 2 is 2.11 bits per heavy atom. The summed E-state index contributed by atoms with van der Waals surface area (Å²) < 4.78 is 61.7. The number of aliphatic hydroxyl groups is 1. The van der Waals surface area contributed by atoms with Crippen molar-refractivity contribution in [3.63, 3.8) is 0 Å². The van der Waals surface area contributed by atoms with Crippen molar-refractivity contribution in [2.75, 3.05) is 6.01 Å². The van der Waals surface area contributed by atoms with E-state index < -0.39 is 40.3 Å². The van der Waals surface area contributed by atoms with Crippen LogP contribution < -0.4 is 4.74 Å². The van der Waals surface area contributed by atoms with Crippen molar-refractivity contribution < 1.29 is 27.4 Å². The van der Waals surface area contributed by atoms with Crippen LogP contribution in [0, 0.1) is 11.3 Å². The highest BCUT2D eigenvalue weighted by atomic mass is 32.2. The van der Waals surface area contributed by atoms with Gasteiger partial charge in [-0.05, 0) is 19.1 Å². The van der Waals surface area contributed by atoms with Crippen LogP contribution >= 0.6 is 10.5 Å². The van der Waals surface area contributed by atoms with Crippen LogP contribution in [0.1, 0.15) is 35.9 Å². The molecule has 3 atom stereocenters. The summed E-state index contributed by atoms with van der Waals surface area (Å²) in [5.41, 5.74) is -0.698. The summed E-state index contributed by atoms with van der Waals surface area (Å²) in [7, 11) is -1.17. The summed E-state index contributed by atoms with van der Waals surface area (Å²) in [6.45, 7) is 1.56. The molecule has 1 unspecified atom stereocenters. The molecule has 142 valence electrons. The van der Waals surface area contributed by atoms with Crippen LogP contribution in [0.3, 0.4) is 0 Å². The van der Waals surface area contributed by atoms with Crippen molar-refractivity contribution in [2.45, 2.75) is 30.0 Å². The first-order valence-corrected chi connectivity index (χ1v) is 9.25. The van der Waals surface area contributed by atoms with E-state index in [1.807, 2.05) is 6.07 Å². The molecule has 1 aliphatic rings. The zero-order valence-electron chi connectivity index (χ0n) is 14.0. The van der Waals surface area contributed by atoms with E-state index >= 15 is 0 Å². The molecule has 3 rings (SSSR count). The van der Waals surface area contributed by atoms with Gasteiger partial charge in [-0.1, -0.05) is 5.37 Å². The lowest BCUT2D eigenvalue weighted by atomic mass is 10.1. The first-order chi connectivity index (χ1) is 12.8. The van der Waals surface area contributed by atoms with Crippen molar-refractivity contribution in [3.05, 3.63) is 47.3 Å². The molecule has 0 radical (unpaired) electrons. The van der Waals surface area contributed by atoms with E-state index in [4.69, 9.17) is 10.00 Å². The molecule has 0 saturated heterocycles. The van der Waals surface area contributed by atoms with Crippen LogP contribution in [0.5, 0.6) is 11.5 Å². The molecule has 1 aliphatic carbocycles. The molecule has 1 aromatic carbocycles. The van der Waals surface area contributed by atoms with Gasteiger partial charge in [0.25, 0.3) is 0 Å². The number of rotatable bonds is 4. The summed E-state index contributed by atoms with van der Waals surface area (Å²) >= 11 is 0. The second-order valence-electron chi connectivity index (χ2n) is 5.73. The van der Waals surface area contributed by atoms with Crippen molar-refractivity contribution in [1.29, 1.82) is 5.26 Å². The number of alkyl halides is 4. The van der Waals surface area contributed by atoms with Gasteiger partial charge in [0.15, 0.2) is 6.17 Å². The van der Waals surface area contributed by atoms with E-state index in [0.29, 0.717) is 0 Å². The lowest BCUT2D eigenvalue weighted by Gasteiger charge is -2.17. The molecular weight excluding hydrogens is 384 g/mol. The van der Waals surface area contributed by atoms with E-state index in [9.17, 15) is 22.7 Å². The number of hydrogen-bond donors (Lipinski definition) is 1. The van der Waals surface area contributed by atoms with Gasteiger partial charge in [0.1, 0.15) is 29.7 Å². The third-order valence-corrected chi connectivity index (χ3v) is 5.92. The van der Waals surface area contributed by atoms with Crippen LogP contribution in [0.4, 0.5) is 17.6 Å². The molecule has 0 bridgehead atoms. The highest BCUT2D eigenvalue weighted by Crippen LogP contribution is 2.58. The van der Waals surface area contributed by atoms with Gasteiger partial charge >= 0.3 is 5.92 Å². The van der Waals surface area contributed by atoms with Gasteiger partial charge in [-0.25, -0.2) is 8.78 Å². The lowest BCUT2D eigenvalue weighted by molar-refractivity contribution is -0.143. The highest BCUT2D eigenvalue weighted by Gasteiger charge is 2.58. The van der Waals surface area contributed by atoms with Crippen molar-refractivity contribution in [3.8, 4) is 17.6 Å². The molecule has 9 heteroatoms. The SMILES string of the molecule is C/C=S(/CF)c1ccc(Oc2cncc(C#N)c2)c2c1[C@H](O)C(F)(F)[C@H]2F. The first kappa shape index (κ1) is 19.3. The van der Waals surface area contributed by atoms with Crippen molar-refractivity contribution >= 4 is 15.9 Å². The number of nitrogens with zero attached hydrogens (tertiary/aromatic N) is 2. The summed E-state index contributed by atoms with van der Waals surface area (Å²) in [6, 6.07) is 4.91. The highest BCUT2D eigenvalue weighted by molar-refractivity contribution is 8.14. The Kier molecular flexibility index (Phi) is 5.22. The van der Waals surface area contributed by atoms with Crippen LogP contribution in [0.15, 0.2) is 35.5 Å². The number of benzene rings is 1. The minimum absolute atomic E-state index is 0.0486. The fraction of sp³-hybridized carbons (Fsp3) is 0.278. The summed E-state index contributed by atoms with van der Waals surface area (Å²) in [5, 5.41) is 20.4. The molecule has 1 heterocycles. The maximum atomic E-state index is 14.5. The van der Waals surface area contributed by atoms with Gasteiger partial charge in [-0.15, -0.1) is 10.5 Å². The Balaban J connectivity index is 2.17. The summed E-state index contributed by atoms with van der Waals surface area (Å²) in [5.74, 6) is -4.26. The third-order valence-electron chi connectivity index (χ3n) is 4.19. The zero-order chi connectivity index (χ0) is 19.8. The van der Waals surface area contributed by atoms with Gasteiger partial charge in [0.2, 0.25) is 0 Å². The molecule has 0 amide bonds. The van der Waals surface area contributed by atoms with Gasteiger partial charge in [0, 0.05) is 28.3 Å². The third kappa shape index (κ3) is 3.19. The van der Waals surface area contributed by atoms with Crippen LogP contribution in [-0.4, -0.2) is 27.4 Å². The summed E-state index contributed by atoms with van der Waals surface area (Å²) in [6.07, 6.45) is -2.71. The van der Waals surface area contributed by atoms with Gasteiger partial charge in [-0.2, -0.15) is 14.0 Å². The number of hydrogen-bond acceptors (Lipinski definition) is 4. The molecule has 0 aliphatic heterocycles. The van der Waals surface area contributed by atoms with E-state index in [-0.39, 0.29) is 27.5 Å². The number of pyridine rings is 1. The van der Waals surface area contributed by atoms with E-state index in [0.717, 1.165) is 0 Å². The normalized spacial score (nSPS) is 21.5. The predicted octanol–water partition coefficient (Wildman–Crippen LogP) is 4.82. The summed E-state index contributed by atoms with van der Waals surface area (Å²) in [4.78, 5) is 3.90. The monoisotopic (exact) mass is 398 g/mol. The smallest absolute Gasteiger partial charge is 0.312 e. The molecular formula is C18H14F4N2O2S. The number of aliphatic hydroxyl groups excluding tert-OH is 1. The molecule has 0 spiro atoms. The van der Waals surface area contributed by atoms with Crippen LogP contribution in [0.2, 0.25) is 0 Å². The Morgan fingerprint density at radius 3 is 2.74 bits per heavy atom. The first-order valence-electron chi connectivity index (χ1n) is 7.80. The van der Waals surface area contributed by atoms with Crippen LogP contribution in [0.25, 0.3) is 0 Å². The molecule has 1 aromatic heterocycles. The minimum atomic E-state index is -4.07. The Bertz CT molecular complexity index is 959. The zero-order valence-corrected chi connectivity index (χ0v) is 14.8. The number of fused-ring (bicyclic) bond motifs is 1. The van der Waals surface area contributed by atoms with Gasteiger partial charge in [0.05, 0.1) is 11.8 Å². The Morgan fingerprint density at radius 1 is 1.37 bits per heavy atom. The number of nitriles is 1. The molecule has 0 saturated carbocycles. The average Bonchev–Trinajstić information content (AvgIpc) is 2.85. The maximum absolute atomic E-state index is 14.5. The fourth-order valence-corrected chi connectivity index (χ4v) is 4.14. The number of aromatic nitrogens is 1. The van der Waals surface area contributed by atoms with Crippen molar-refractivity contribution in [2.24, 2.45) is 0 Å². The number of ether oxygens (including phenoxy) is 1. The standard InChI is InChI=1S/C18H14F4N2O2S/c1-2-27(9-19)13-4-3-12(26-11-5-10(6-23)7-24-8-11)14-15(13)17(25)18(21,22)16(14)20/h2-5,7-8,16-17,25H,9H2,1H3/t16-,17-,27?/m0/s1. The molecule has 27 heavy (non-hydrogen) atoms. The molecule has 4 nitrogen and oxygen atoms in total. The second-order valence-corrected chi connectivity index (χ2v) is 7.71. The van der Waals surface area contributed by atoms with Gasteiger partial charge in [-0.3, -0.25) is 4.98 Å². The van der Waals surface area contributed by atoms with Crippen molar-refractivity contribution in [1.82, 2.24) is 4.98 Å². The van der Waals surface area contributed by atoms with E-state index in [1.54, 1.807) is 6.92 Å². The second kappa shape index (κ2) is 7.29. The van der Waals surface area contributed by atoms with E-state index in [2.05, 4.69) is 4.98 Å². The predicted molar refractivity (Wildman–Crippen MR) is 92.8 cm³/mol. The average molecular weight is 398 g/mol. The Labute approximate surface area is 155 Å². The topological polar surface area (TPSA) is 66.1 Å². The van der Waals surface area contributed by atoms with Gasteiger partial charge < -0.3 is 9.84 Å². The quantitative estimate of drug-likeness (QED) is 0.593. The molecule has 2 aromatic rings. The minimum Gasteiger partial charge on any atom is -0.455 e. The van der Waals surface area contributed by atoms with Crippen LogP contribution in [-0.2, 0) is 0 Å². The number of halogens is 4. The molecule has 0 fully saturated rings. The largest absolute Gasteiger partial charge is 0.455 e. The fourth-order valence-electron chi connectivity index (χ4n) is 2.89. The Hall–Kier alpha value is -2.44. The van der Waals surface area contributed by atoms with E-state index in [1.165, 1.54) is 36.0 Å².